The van der Waals surface area contributed by atoms with Crippen molar-refractivity contribution >= 4 is 12.4 Å². The van der Waals surface area contributed by atoms with Crippen LogP contribution in [0.5, 0.6) is 0 Å². The van der Waals surface area contributed by atoms with Gasteiger partial charge in [0.25, 0.3) is 0 Å². The Morgan fingerprint density at radius 1 is 1.55 bits per heavy atom. The van der Waals surface area contributed by atoms with Gasteiger partial charge in [0, 0.05) is 5.69 Å². The summed E-state index contributed by atoms with van der Waals surface area (Å²) < 4.78 is 0. The number of hydrazine groups is 1. The molecule has 0 radical (unpaired) electrons. The largest absolute Gasteiger partial charge is 0.271 e. The summed E-state index contributed by atoms with van der Waals surface area (Å²) in [5, 5.41) is 0. The maximum atomic E-state index is 5.12. The highest BCUT2D eigenvalue weighted by atomic mass is 35.5. The molecule has 0 fully saturated rings. The molecule has 0 aromatic carbocycles. The third-order valence-corrected chi connectivity index (χ3v) is 1.23. The maximum absolute atomic E-state index is 5.12. The van der Waals surface area contributed by atoms with Gasteiger partial charge in [0.05, 0.1) is 12.2 Å². The zero-order valence-corrected chi connectivity index (χ0v) is 7.19. The number of nitrogens with two attached hydrogens (primary N) is 1. The van der Waals surface area contributed by atoms with E-state index in [2.05, 4.69) is 10.4 Å². The van der Waals surface area contributed by atoms with Crippen LogP contribution in [-0.2, 0) is 6.54 Å². The molecule has 0 atom stereocenters. The SMILES string of the molecule is Cc1cccc(CNN)n1.Cl. The standard InChI is InChI=1S/C7H11N3.ClH/c1-6-3-2-4-7(10-6)5-9-8;/h2-4,9H,5,8H2,1H3;1H. The summed E-state index contributed by atoms with van der Waals surface area (Å²) in [6, 6.07) is 5.86. The lowest BCUT2D eigenvalue weighted by Crippen LogP contribution is -2.21. The molecule has 0 bridgehead atoms. The van der Waals surface area contributed by atoms with E-state index in [9.17, 15) is 0 Å². The molecule has 1 rings (SSSR count). The molecule has 0 aliphatic rings. The van der Waals surface area contributed by atoms with E-state index in [0.29, 0.717) is 6.54 Å². The Morgan fingerprint density at radius 3 is 2.82 bits per heavy atom. The highest BCUT2D eigenvalue weighted by molar-refractivity contribution is 5.85. The highest BCUT2D eigenvalue weighted by Gasteiger charge is 1.90. The Hall–Kier alpha value is -0.640. The number of nitrogens with zero attached hydrogens (tertiary/aromatic N) is 1. The van der Waals surface area contributed by atoms with Crippen molar-refractivity contribution in [2.45, 2.75) is 13.5 Å². The van der Waals surface area contributed by atoms with Crippen molar-refractivity contribution in [2.24, 2.45) is 5.84 Å². The molecule has 11 heavy (non-hydrogen) atoms. The molecule has 3 nitrogen and oxygen atoms in total. The van der Waals surface area contributed by atoms with Gasteiger partial charge in [0.2, 0.25) is 0 Å². The first-order chi connectivity index (χ1) is 4.83. The van der Waals surface area contributed by atoms with Gasteiger partial charge in [-0.1, -0.05) is 6.07 Å². The smallest absolute Gasteiger partial charge is 0.0558 e. The number of nitrogens with one attached hydrogen (secondary N) is 1. The number of aryl methyl sites for hydroxylation is 1. The fraction of sp³-hybridized carbons (Fsp3) is 0.286. The number of hydrogen-bond acceptors (Lipinski definition) is 3. The molecule has 0 saturated heterocycles. The second-order valence-corrected chi connectivity index (χ2v) is 2.15. The minimum absolute atomic E-state index is 0. The summed E-state index contributed by atoms with van der Waals surface area (Å²) in [6.45, 7) is 2.59. The van der Waals surface area contributed by atoms with Gasteiger partial charge in [0.15, 0.2) is 0 Å². The van der Waals surface area contributed by atoms with E-state index in [4.69, 9.17) is 5.84 Å². The first-order valence-corrected chi connectivity index (χ1v) is 3.19. The summed E-state index contributed by atoms with van der Waals surface area (Å²) in [4.78, 5) is 4.22. The van der Waals surface area contributed by atoms with E-state index in [0.717, 1.165) is 11.4 Å². The second kappa shape index (κ2) is 5.07. The van der Waals surface area contributed by atoms with Crippen LogP contribution in [0.1, 0.15) is 11.4 Å². The van der Waals surface area contributed by atoms with Crippen LogP contribution in [-0.4, -0.2) is 4.98 Å². The molecule has 1 aromatic heterocycles. The Bertz CT molecular complexity index is 215. The average Bonchev–Trinajstić information content (AvgIpc) is 1.88. The number of pyridine rings is 1. The second-order valence-electron chi connectivity index (χ2n) is 2.15. The van der Waals surface area contributed by atoms with Gasteiger partial charge in [-0.25, -0.2) is 0 Å². The number of rotatable bonds is 2. The molecule has 0 aliphatic heterocycles. The summed E-state index contributed by atoms with van der Waals surface area (Å²) in [5.41, 5.74) is 4.54. The van der Waals surface area contributed by atoms with Gasteiger partial charge < -0.3 is 0 Å². The average molecular weight is 174 g/mol. The predicted octanol–water partition coefficient (Wildman–Crippen LogP) is 0.775. The lowest BCUT2D eigenvalue weighted by molar-refractivity contribution is 0.720. The van der Waals surface area contributed by atoms with Crippen molar-refractivity contribution < 1.29 is 0 Å². The molecule has 62 valence electrons. The minimum Gasteiger partial charge on any atom is -0.271 e. The molecule has 0 saturated carbocycles. The zero-order valence-electron chi connectivity index (χ0n) is 6.37. The van der Waals surface area contributed by atoms with Crippen LogP contribution in [0.3, 0.4) is 0 Å². The molecule has 1 heterocycles. The molecule has 0 amide bonds. The van der Waals surface area contributed by atoms with Crippen molar-refractivity contribution in [3.05, 3.63) is 29.6 Å². The van der Waals surface area contributed by atoms with Gasteiger partial charge in [-0.3, -0.25) is 16.3 Å². The van der Waals surface area contributed by atoms with E-state index >= 15 is 0 Å². The first kappa shape index (κ1) is 10.4. The van der Waals surface area contributed by atoms with Crippen LogP contribution in [0, 0.1) is 6.92 Å². The normalized spacial score (nSPS) is 8.91. The van der Waals surface area contributed by atoms with Crippen LogP contribution in [0.2, 0.25) is 0 Å². The lowest BCUT2D eigenvalue weighted by atomic mass is 10.3. The molecule has 0 aliphatic carbocycles. The van der Waals surface area contributed by atoms with Crippen molar-refractivity contribution in [1.82, 2.24) is 10.4 Å². The quantitative estimate of drug-likeness (QED) is 0.513. The van der Waals surface area contributed by atoms with E-state index in [1.807, 2.05) is 25.1 Å². The van der Waals surface area contributed by atoms with Gasteiger partial charge in [-0.2, -0.15) is 0 Å². The fourth-order valence-corrected chi connectivity index (χ4v) is 0.803. The third-order valence-electron chi connectivity index (χ3n) is 1.23. The fourth-order valence-electron chi connectivity index (χ4n) is 0.803. The minimum atomic E-state index is 0. The van der Waals surface area contributed by atoms with Crippen LogP contribution in [0.25, 0.3) is 0 Å². The molecular weight excluding hydrogens is 162 g/mol. The molecule has 0 spiro atoms. The molecule has 0 unspecified atom stereocenters. The van der Waals surface area contributed by atoms with Crippen molar-refractivity contribution in [1.29, 1.82) is 0 Å². The number of hydrogen-bond donors (Lipinski definition) is 2. The summed E-state index contributed by atoms with van der Waals surface area (Å²) >= 11 is 0. The van der Waals surface area contributed by atoms with E-state index in [1.54, 1.807) is 0 Å². The topological polar surface area (TPSA) is 50.9 Å². The highest BCUT2D eigenvalue weighted by Crippen LogP contribution is 1.95. The Balaban J connectivity index is 0.000001000. The van der Waals surface area contributed by atoms with Crippen LogP contribution >= 0.6 is 12.4 Å². The first-order valence-electron chi connectivity index (χ1n) is 3.19. The lowest BCUT2D eigenvalue weighted by Gasteiger charge is -1.98. The van der Waals surface area contributed by atoms with E-state index in [1.165, 1.54) is 0 Å². The number of halogens is 1. The van der Waals surface area contributed by atoms with Gasteiger partial charge >= 0.3 is 0 Å². The molecule has 1 aromatic rings. The summed E-state index contributed by atoms with van der Waals surface area (Å²) in [6.07, 6.45) is 0. The summed E-state index contributed by atoms with van der Waals surface area (Å²) in [5.74, 6) is 5.12. The van der Waals surface area contributed by atoms with Gasteiger partial charge in [0.1, 0.15) is 0 Å². The number of aromatic nitrogens is 1. The third kappa shape index (κ3) is 3.32. The predicted molar refractivity (Wildman–Crippen MR) is 47.2 cm³/mol. The molecule has 4 heteroatoms. The molecule has 3 N–H and O–H groups in total. The van der Waals surface area contributed by atoms with E-state index < -0.39 is 0 Å². The van der Waals surface area contributed by atoms with Crippen LogP contribution in [0.15, 0.2) is 18.2 Å². The van der Waals surface area contributed by atoms with Crippen LogP contribution in [0.4, 0.5) is 0 Å². The van der Waals surface area contributed by atoms with Crippen molar-refractivity contribution in [2.75, 3.05) is 0 Å². The Morgan fingerprint density at radius 2 is 2.27 bits per heavy atom. The Labute approximate surface area is 72.4 Å². The van der Waals surface area contributed by atoms with Crippen molar-refractivity contribution in [3.8, 4) is 0 Å². The summed E-state index contributed by atoms with van der Waals surface area (Å²) in [7, 11) is 0. The van der Waals surface area contributed by atoms with E-state index in [-0.39, 0.29) is 12.4 Å². The van der Waals surface area contributed by atoms with Gasteiger partial charge in [-0.15, -0.1) is 12.4 Å². The maximum Gasteiger partial charge on any atom is 0.0558 e. The van der Waals surface area contributed by atoms with Crippen molar-refractivity contribution in [3.63, 3.8) is 0 Å². The van der Waals surface area contributed by atoms with Crippen LogP contribution < -0.4 is 11.3 Å². The zero-order chi connectivity index (χ0) is 7.40. The van der Waals surface area contributed by atoms with Gasteiger partial charge in [-0.05, 0) is 19.1 Å². The molecular formula is C7H12ClN3. The monoisotopic (exact) mass is 173 g/mol. The Kier molecular flexibility index (Phi) is 4.77.